The van der Waals surface area contributed by atoms with Gasteiger partial charge in [0.2, 0.25) is 0 Å². The lowest BCUT2D eigenvalue weighted by Gasteiger charge is -2.61. The van der Waals surface area contributed by atoms with Gasteiger partial charge < -0.3 is 158 Å². The fourth-order valence-electron chi connectivity index (χ4n) is 19.3. The zero-order valence-corrected chi connectivity index (χ0v) is 106. The minimum Gasteiger partial charge on any atom is -0.395 e. The molecular weight excluding hydrogens is 2080 g/mol. The highest BCUT2D eigenvalue weighted by Crippen LogP contribution is 2.56. The standard InChI is InChI=1S/C88H184O36Si16/c1-25-81(65-97-66-81)57-89-41-33-49-125(9,10)105-133-113-134(106-126(11,12)50-34-42-90-58-82(26-2)67-98-68-82)116-137(109-129(17,18)53-37-45-93-61-85(29-5)73-101-74-85)118-135(114-133,107-127(13,14)51-35-43-91-59-83(27-3)69-99-70-83)120-139(111-131(21,22)55-39-47-95-63-87(31-7)77-103-78-87)121-136(115-133,108-128(15,16)52-36-44-92-60-84(28-4)71-100-72-84)119-138(117-134,110-130(19,20)54-38-46-94-62-86(30-6)75-102-76-86)123-140(122-137,124-139)112-132(23,24)56-40-48-96-64-88(32-8)79-104-80-88/h25-80H2,1-24H3. The molecule has 0 N–H and O–H groups in total. The highest BCUT2D eigenvalue weighted by Gasteiger charge is 2.93. The van der Waals surface area contributed by atoms with Gasteiger partial charge in [-0.3, -0.25) is 0 Å². The summed E-state index contributed by atoms with van der Waals surface area (Å²) in [6.45, 7) is 69.1. The maximum absolute atomic E-state index is 8.56. The van der Waals surface area contributed by atoms with Crippen LogP contribution in [0.3, 0.4) is 0 Å². The van der Waals surface area contributed by atoms with Crippen molar-refractivity contribution < 1.29 is 158 Å². The van der Waals surface area contributed by atoms with E-state index in [4.69, 9.17) is 158 Å². The molecule has 0 atom stereocenters. The van der Waals surface area contributed by atoms with Crippen molar-refractivity contribution in [3.05, 3.63) is 0 Å². The van der Waals surface area contributed by atoms with Crippen molar-refractivity contribution in [2.24, 2.45) is 43.3 Å². The van der Waals surface area contributed by atoms with Crippen LogP contribution in [0, 0.1) is 43.3 Å². The summed E-state index contributed by atoms with van der Waals surface area (Å²) in [5, 5.41) is 0. The summed E-state index contributed by atoms with van der Waals surface area (Å²) in [6, 6.07) is 3.77. The van der Waals surface area contributed by atoms with Crippen molar-refractivity contribution in [3.63, 3.8) is 0 Å². The van der Waals surface area contributed by atoms with Crippen molar-refractivity contribution in [2.45, 2.75) is 311 Å². The molecular formula is C88H184O36Si16. The van der Waals surface area contributed by atoms with Gasteiger partial charge in [-0.1, -0.05) is 55.4 Å². The molecule has 14 rings (SSSR count). The van der Waals surface area contributed by atoms with E-state index in [1.807, 2.05) is 0 Å². The first-order chi connectivity index (χ1) is 65.9. The van der Waals surface area contributed by atoms with Crippen LogP contribution in [0.1, 0.15) is 158 Å². The van der Waals surface area contributed by atoms with E-state index in [1.165, 1.54) is 0 Å². The van der Waals surface area contributed by atoms with E-state index < -0.39 is 139 Å². The highest BCUT2D eigenvalue weighted by atomic mass is 28.7. The van der Waals surface area contributed by atoms with E-state index >= 15 is 0 Å². The molecule has 140 heavy (non-hydrogen) atoms. The molecule has 14 aliphatic heterocycles. The first kappa shape index (κ1) is 119. The van der Waals surface area contributed by atoms with Gasteiger partial charge in [0.1, 0.15) is 0 Å². The van der Waals surface area contributed by atoms with Gasteiger partial charge in [-0.15, -0.1) is 0 Å². The van der Waals surface area contributed by atoms with Crippen LogP contribution < -0.4 is 0 Å². The Morgan fingerprint density at radius 3 is 0.329 bits per heavy atom. The zero-order valence-electron chi connectivity index (χ0n) is 90.3. The Morgan fingerprint density at radius 2 is 0.257 bits per heavy atom. The smallest absolute Gasteiger partial charge is 0.395 e. The van der Waals surface area contributed by atoms with Crippen LogP contribution in [-0.2, 0) is 158 Å². The van der Waals surface area contributed by atoms with Gasteiger partial charge in [-0.25, -0.2) is 0 Å². The van der Waals surface area contributed by atoms with Gasteiger partial charge in [0.15, 0.2) is 66.5 Å². The molecule has 0 amide bonds. The molecule has 0 aromatic carbocycles. The molecule has 0 spiro atoms. The SMILES string of the molecule is CCC1(COCCC[Si](C)(C)O[Si]23O[Si]4(O[Si](C)(C)CCCOCC5(CC)COC5)O[Si]5(O[Si](C)(C)CCCOCC6(CC)COC6)O[Si](O[Si](C)(C)CCCOCC6(CC)COC6)(O2)O[Si]2(O[Si](C)(C)CCCOCC6(CC)COC6)O[Si](O[Si](C)(C)CCCOCC6(CC)COC6)(O3)O[Si](O[Si](C)(C)CCCOCC3(CC)COC3)(O4)O[Si](O[Si](C)(C)CCCOCC3(CC)COC3)(O5)O2)COC1. The van der Waals surface area contributed by atoms with Crippen LogP contribution in [0.25, 0.3) is 0 Å². The van der Waals surface area contributed by atoms with Crippen molar-refractivity contribution in [3.8, 4) is 0 Å². The normalized spacial score (nSPS) is 30.7. The fourth-order valence-corrected chi connectivity index (χ4v) is 92.9. The van der Waals surface area contributed by atoms with Crippen LogP contribution in [0.15, 0.2) is 0 Å². The molecule has 52 heteroatoms. The number of ether oxygens (including phenoxy) is 16. The molecule has 14 heterocycles. The number of hydrogen-bond acceptors (Lipinski definition) is 36. The predicted molar refractivity (Wildman–Crippen MR) is 558 cm³/mol. The quantitative estimate of drug-likeness (QED) is 0.0403. The fraction of sp³-hybridized carbons (Fsp3) is 1.00. The first-order valence-corrected chi connectivity index (χ1v) is 91.2. The van der Waals surface area contributed by atoms with Gasteiger partial charge in [0.05, 0.1) is 159 Å². The summed E-state index contributed by atoms with van der Waals surface area (Å²) in [5.74, 6) is 0. The molecule has 14 aliphatic rings. The largest absolute Gasteiger partial charge is 0.651 e. The van der Waals surface area contributed by atoms with E-state index in [2.05, 4.69) is 160 Å². The molecule has 0 radical (unpaired) electrons. The second-order valence-electron chi connectivity index (χ2n) is 48.1. The van der Waals surface area contributed by atoms with E-state index in [-0.39, 0.29) is 43.3 Å². The molecule has 816 valence electrons. The van der Waals surface area contributed by atoms with Gasteiger partial charge >= 0.3 is 72.4 Å². The Labute approximate surface area is 857 Å². The third kappa shape index (κ3) is 32.2. The lowest BCUT2D eigenvalue weighted by atomic mass is 9.84. The molecule has 36 nitrogen and oxygen atoms in total. The molecule has 14 saturated heterocycles. The van der Waals surface area contributed by atoms with Crippen LogP contribution in [-0.4, -0.2) is 350 Å². The van der Waals surface area contributed by atoms with Gasteiger partial charge in [0.25, 0.3) is 0 Å². The van der Waals surface area contributed by atoms with Crippen LogP contribution in [0.4, 0.5) is 0 Å². The van der Waals surface area contributed by atoms with E-state index in [0.717, 1.165) is 51.4 Å². The lowest BCUT2D eigenvalue weighted by Crippen LogP contribution is -2.93. The summed E-state index contributed by atoms with van der Waals surface area (Å²) in [4.78, 5) is 0. The average molecular weight is 2270 g/mol. The van der Waals surface area contributed by atoms with Crippen molar-refractivity contribution in [1.29, 1.82) is 0 Å². The summed E-state index contributed by atoms with van der Waals surface area (Å²) in [7, 11) is -73.9. The summed E-state index contributed by atoms with van der Waals surface area (Å²) in [5.41, 5.74) is -0.541. The third-order valence-corrected chi connectivity index (χ3v) is 92.7. The first-order valence-electron chi connectivity index (χ1n) is 53.2. The molecule has 0 unspecified atom stereocenters. The van der Waals surface area contributed by atoms with Crippen molar-refractivity contribution >= 4 is 139 Å². The monoisotopic (exact) mass is 2260 g/mol. The van der Waals surface area contributed by atoms with E-state index in [0.29, 0.717) is 311 Å². The van der Waals surface area contributed by atoms with Crippen LogP contribution >= 0.6 is 0 Å². The van der Waals surface area contributed by atoms with Crippen molar-refractivity contribution in [2.75, 3.05) is 211 Å². The Balaban J connectivity index is 1.03. The van der Waals surface area contributed by atoms with Gasteiger partial charge in [0, 0.05) is 96.2 Å². The third-order valence-electron chi connectivity index (χ3n) is 30.5. The van der Waals surface area contributed by atoms with Gasteiger partial charge in [-0.05, 0) is 256 Å². The zero-order chi connectivity index (χ0) is 101. The topological polar surface area (TPSA) is 332 Å². The molecule has 0 saturated carbocycles. The van der Waals surface area contributed by atoms with E-state index in [1.54, 1.807) is 0 Å². The van der Waals surface area contributed by atoms with Crippen LogP contribution in [0.2, 0.25) is 153 Å². The summed E-state index contributed by atoms with van der Waals surface area (Å²) < 4.78 is 269. The molecule has 8 bridgehead atoms. The maximum atomic E-state index is 8.56. The Hall–Kier alpha value is 2.03. The van der Waals surface area contributed by atoms with Crippen LogP contribution in [0.5, 0.6) is 0 Å². The summed E-state index contributed by atoms with van der Waals surface area (Å²) in [6.07, 6.45) is 11.8. The maximum Gasteiger partial charge on any atom is 0.651 e. The second-order valence-corrected chi connectivity index (χ2v) is 105. The predicted octanol–water partition coefficient (Wildman–Crippen LogP) is 16.2. The number of hydrogen-bond donors (Lipinski definition) is 0. The van der Waals surface area contributed by atoms with Gasteiger partial charge in [-0.2, -0.15) is 0 Å². The highest BCUT2D eigenvalue weighted by molar-refractivity contribution is 7.04. The van der Waals surface area contributed by atoms with E-state index in [9.17, 15) is 0 Å². The molecule has 0 aromatic rings. The minimum atomic E-state index is -5.74. The molecule has 14 fully saturated rings. The number of rotatable bonds is 72. The Morgan fingerprint density at radius 1 is 0.164 bits per heavy atom. The molecule has 0 aromatic heterocycles. The second kappa shape index (κ2) is 48.8. The Bertz CT molecular complexity index is 2980. The Kier molecular flexibility index (Phi) is 41.5. The summed E-state index contributed by atoms with van der Waals surface area (Å²) >= 11 is 0. The van der Waals surface area contributed by atoms with Crippen molar-refractivity contribution in [1.82, 2.24) is 0 Å². The minimum absolute atomic E-state index is 0.0676. The average Bonchev–Trinajstić information content (AvgIpc) is 0.674. The molecule has 0 aliphatic carbocycles. The lowest BCUT2D eigenvalue weighted by molar-refractivity contribution is -0.150.